The lowest BCUT2D eigenvalue weighted by molar-refractivity contribution is -0.142. The van der Waals surface area contributed by atoms with Crippen LogP contribution in [-0.2, 0) is 9.53 Å². The van der Waals surface area contributed by atoms with E-state index in [9.17, 15) is 4.79 Å². The molecule has 1 heterocycles. The van der Waals surface area contributed by atoms with Crippen LogP contribution in [0.1, 0.15) is 18.9 Å². The van der Waals surface area contributed by atoms with Gasteiger partial charge in [0.05, 0.1) is 13.0 Å². The van der Waals surface area contributed by atoms with Gasteiger partial charge in [0.25, 0.3) is 0 Å². The minimum Gasteiger partial charge on any atom is -0.466 e. The average Bonchev–Trinajstić information content (AvgIpc) is 2.25. The molecule has 0 bridgehead atoms. The van der Waals surface area contributed by atoms with E-state index in [2.05, 4.69) is 15.3 Å². The first-order valence-electron chi connectivity index (χ1n) is 5.01. The summed E-state index contributed by atoms with van der Waals surface area (Å²) in [6.45, 7) is 4.46. The molecule has 0 aliphatic carbocycles. The SMILES string of the molecule is CCOC(=O)CCNc1ncnc(Cl)c1C. The molecule has 0 fully saturated rings. The number of nitrogens with one attached hydrogen (secondary N) is 1. The first kappa shape index (κ1) is 12.7. The Morgan fingerprint density at radius 3 is 3.00 bits per heavy atom. The van der Waals surface area contributed by atoms with Gasteiger partial charge in [-0.1, -0.05) is 11.6 Å². The Hall–Kier alpha value is -1.36. The molecule has 6 heteroatoms. The van der Waals surface area contributed by atoms with Crippen LogP contribution in [0.25, 0.3) is 0 Å². The molecule has 0 spiro atoms. The number of hydrogen-bond donors (Lipinski definition) is 1. The highest BCUT2D eigenvalue weighted by Gasteiger charge is 2.05. The molecular weight excluding hydrogens is 230 g/mol. The molecule has 88 valence electrons. The maximum Gasteiger partial charge on any atom is 0.307 e. The summed E-state index contributed by atoms with van der Waals surface area (Å²) in [5, 5.41) is 3.42. The van der Waals surface area contributed by atoms with Crippen molar-refractivity contribution in [2.75, 3.05) is 18.5 Å². The molecular formula is C10H14ClN3O2. The maximum absolute atomic E-state index is 11.1. The number of halogens is 1. The molecule has 5 nitrogen and oxygen atoms in total. The van der Waals surface area contributed by atoms with Crippen LogP contribution in [0.15, 0.2) is 6.33 Å². The quantitative estimate of drug-likeness (QED) is 0.631. The van der Waals surface area contributed by atoms with Crippen molar-refractivity contribution in [1.82, 2.24) is 9.97 Å². The van der Waals surface area contributed by atoms with Gasteiger partial charge in [-0.25, -0.2) is 9.97 Å². The zero-order valence-corrected chi connectivity index (χ0v) is 10.0. The van der Waals surface area contributed by atoms with E-state index in [0.717, 1.165) is 5.56 Å². The van der Waals surface area contributed by atoms with Gasteiger partial charge >= 0.3 is 5.97 Å². The van der Waals surface area contributed by atoms with Gasteiger partial charge in [-0.15, -0.1) is 0 Å². The molecule has 0 amide bonds. The van der Waals surface area contributed by atoms with Crippen molar-refractivity contribution >= 4 is 23.4 Å². The molecule has 16 heavy (non-hydrogen) atoms. The van der Waals surface area contributed by atoms with E-state index < -0.39 is 0 Å². The summed E-state index contributed by atoms with van der Waals surface area (Å²) in [6, 6.07) is 0. The average molecular weight is 244 g/mol. The molecule has 0 aromatic carbocycles. The molecule has 1 rings (SSSR count). The van der Waals surface area contributed by atoms with Crippen LogP contribution in [0.5, 0.6) is 0 Å². The van der Waals surface area contributed by atoms with Gasteiger partial charge in [0.2, 0.25) is 0 Å². The summed E-state index contributed by atoms with van der Waals surface area (Å²) in [7, 11) is 0. The van der Waals surface area contributed by atoms with E-state index in [0.29, 0.717) is 30.5 Å². The third-order valence-corrected chi connectivity index (χ3v) is 2.33. The van der Waals surface area contributed by atoms with E-state index in [4.69, 9.17) is 16.3 Å². The number of ether oxygens (including phenoxy) is 1. The maximum atomic E-state index is 11.1. The number of carbonyl (C=O) groups is 1. The van der Waals surface area contributed by atoms with E-state index in [1.54, 1.807) is 6.92 Å². The number of esters is 1. The van der Waals surface area contributed by atoms with Gasteiger partial charge in [0, 0.05) is 12.1 Å². The molecule has 0 saturated carbocycles. The Morgan fingerprint density at radius 2 is 2.31 bits per heavy atom. The Bertz CT molecular complexity index is 371. The molecule has 0 aliphatic rings. The number of nitrogens with zero attached hydrogens (tertiary/aromatic N) is 2. The van der Waals surface area contributed by atoms with Crippen molar-refractivity contribution in [3.8, 4) is 0 Å². The van der Waals surface area contributed by atoms with Gasteiger partial charge < -0.3 is 10.1 Å². The lowest BCUT2D eigenvalue weighted by Crippen LogP contribution is -2.12. The molecule has 1 aromatic heterocycles. The smallest absolute Gasteiger partial charge is 0.307 e. The van der Waals surface area contributed by atoms with Crippen LogP contribution in [-0.4, -0.2) is 29.1 Å². The Labute approximate surface area is 99.2 Å². The van der Waals surface area contributed by atoms with Gasteiger partial charge in [0.15, 0.2) is 0 Å². The first-order chi connectivity index (χ1) is 7.65. The van der Waals surface area contributed by atoms with Crippen molar-refractivity contribution in [3.05, 3.63) is 17.0 Å². The fourth-order valence-corrected chi connectivity index (χ4v) is 1.26. The number of hydrogen-bond acceptors (Lipinski definition) is 5. The van der Waals surface area contributed by atoms with Crippen LogP contribution in [0.4, 0.5) is 5.82 Å². The van der Waals surface area contributed by atoms with E-state index >= 15 is 0 Å². The topological polar surface area (TPSA) is 64.1 Å². The largest absolute Gasteiger partial charge is 0.466 e. The Morgan fingerprint density at radius 1 is 1.56 bits per heavy atom. The molecule has 0 atom stereocenters. The van der Waals surface area contributed by atoms with Gasteiger partial charge in [-0.3, -0.25) is 4.79 Å². The molecule has 1 aromatic rings. The summed E-state index contributed by atoms with van der Waals surface area (Å²) in [5.41, 5.74) is 0.771. The third-order valence-electron chi connectivity index (χ3n) is 1.95. The van der Waals surface area contributed by atoms with Crippen LogP contribution < -0.4 is 5.32 Å². The van der Waals surface area contributed by atoms with Crippen LogP contribution in [0.2, 0.25) is 5.15 Å². The zero-order chi connectivity index (χ0) is 12.0. The van der Waals surface area contributed by atoms with Gasteiger partial charge in [-0.2, -0.15) is 0 Å². The normalized spacial score (nSPS) is 9.94. The summed E-state index contributed by atoms with van der Waals surface area (Å²) < 4.78 is 4.80. The second-order valence-electron chi connectivity index (χ2n) is 3.12. The molecule has 0 radical (unpaired) electrons. The van der Waals surface area contributed by atoms with Crippen molar-refractivity contribution in [1.29, 1.82) is 0 Å². The third kappa shape index (κ3) is 3.66. The predicted molar refractivity (Wildman–Crippen MR) is 61.5 cm³/mol. The second-order valence-corrected chi connectivity index (χ2v) is 3.48. The molecule has 0 saturated heterocycles. The highest BCUT2D eigenvalue weighted by molar-refractivity contribution is 6.30. The van der Waals surface area contributed by atoms with E-state index in [1.807, 2.05) is 6.92 Å². The standard InChI is InChI=1S/C10H14ClN3O2/c1-3-16-8(15)4-5-12-10-7(2)9(11)13-6-14-10/h6H,3-5H2,1-2H3,(H,12,13,14). The predicted octanol–water partition coefficient (Wildman–Crippen LogP) is 1.80. The monoisotopic (exact) mass is 243 g/mol. The fourth-order valence-electron chi connectivity index (χ4n) is 1.12. The minimum atomic E-state index is -0.229. The highest BCUT2D eigenvalue weighted by atomic mass is 35.5. The van der Waals surface area contributed by atoms with Crippen LogP contribution >= 0.6 is 11.6 Å². The zero-order valence-electron chi connectivity index (χ0n) is 9.29. The summed E-state index contributed by atoms with van der Waals surface area (Å²) in [6.07, 6.45) is 1.68. The number of aromatic nitrogens is 2. The first-order valence-corrected chi connectivity index (χ1v) is 5.39. The molecule has 0 unspecified atom stereocenters. The van der Waals surface area contributed by atoms with Crippen molar-refractivity contribution in [3.63, 3.8) is 0 Å². The van der Waals surface area contributed by atoms with Crippen molar-refractivity contribution in [2.24, 2.45) is 0 Å². The lowest BCUT2D eigenvalue weighted by Gasteiger charge is -2.08. The van der Waals surface area contributed by atoms with Crippen molar-refractivity contribution in [2.45, 2.75) is 20.3 Å². The molecule has 1 N–H and O–H groups in total. The summed E-state index contributed by atoms with van der Waals surface area (Å²) in [5.74, 6) is 0.414. The molecule has 0 aliphatic heterocycles. The number of anilines is 1. The Kier molecular flexibility index (Phi) is 4.98. The van der Waals surface area contributed by atoms with E-state index in [1.165, 1.54) is 6.33 Å². The van der Waals surface area contributed by atoms with Crippen LogP contribution in [0.3, 0.4) is 0 Å². The van der Waals surface area contributed by atoms with Gasteiger partial charge in [0.1, 0.15) is 17.3 Å². The minimum absolute atomic E-state index is 0.229. The number of rotatable bonds is 5. The lowest BCUT2D eigenvalue weighted by atomic mass is 10.3. The van der Waals surface area contributed by atoms with Gasteiger partial charge in [-0.05, 0) is 13.8 Å². The van der Waals surface area contributed by atoms with Crippen LogP contribution in [0, 0.1) is 6.92 Å². The van der Waals surface area contributed by atoms with E-state index in [-0.39, 0.29) is 5.97 Å². The van der Waals surface area contributed by atoms with Crippen molar-refractivity contribution < 1.29 is 9.53 Å². The second kappa shape index (κ2) is 6.27. The fraction of sp³-hybridized carbons (Fsp3) is 0.500. The Balaban J connectivity index is 2.43. The number of carbonyl (C=O) groups excluding carboxylic acids is 1. The summed E-state index contributed by atoms with van der Waals surface area (Å²) >= 11 is 5.82. The highest BCUT2D eigenvalue weighted by Crippen LogP contribution is 2.17. The summed E-state index contributed by atoms with van der Waals surface area (Å²) in [4.78, 5) is 18.9.